The van der Waals surface area contributed by atoms with Crippen LogP contribution in [0.3, 0.4) is 0 Å². The molecule has 7 aromatic carbocycles. The van der Waals surface area contributed by atoms with Gasteiger partial charge in [0.15, 0.2) is 28.9 Å². The van der Waals surface area contributed by atoms with Gasteiger partial charge in [0, 0.05) is 11.1 Å². The molecule has 1 aliphatic rings. The summed E-state index contributed by atoms with van der Waals surface area (Å²) in [7, 11) is 0. The zero-order chi connectivity index (χ0) is 34.0. The fraction of sp³-hybridized carbons (Fsp3) is 0. The molecule has 2 heterocycles. The summed E-state index contributed by atoms with van der Waals surface area (Å²) < 4.78 is 13.4. The van der Waals surface area contributed by atoms with Crippen LogP contribution in [0.25, 0.3) is 45.0 Å². The molecular formula is C45H30N4O2. The van der Waals surface area contributed by atoms with E-state index in [-0.39, 0.29) is 6.01 Å². The second-order valence-electron chi connectivity index (χ2n) is 12.1. The van der Waals surface area contributed by atoms with Crippen LogP contribution < -0.4 is 14.4 Å². The van der Waals surface area contributed by atoms with Crippen LogP contribution in [0.5, 0.6) is 23.3 Å². The number of benzene rings is 7. The zero-order valence-corrected chi connectivity index (χ0v) is 27.4. The molecule has 0 radical (unpaired) electrons. The normalized spacial score (nSPS) is 11.6. The minimum absolute atomic E-state index is 0.197. The van der Waals surface area contributed by atoms with E-state index in [0.29, 0.717) is 17.4 Å². The molecule has 1 aliphatic heterocycles. The Morgan fingerprint density at radius 3 is 1.29 bits per heavy atom. The van der Waals surface area contributed by atoms with Crippen LogP contribution in [0.15, 0.2) is 182 Å². The fourth-order valence-electron chi connectivity index (χ4n) is 6.35. The van der Waals surface area contributed by atoms with Crippen molar-refractivity contribution >= 4 is 17.1 Å². The van der Waals surface area contributed by atoms with Crippen LogP contribution in [-0.2, 0) is 0 Å². The standard InChI is InChI=1S/C45H30N4O2/c1-5-15-31(16-6-1)35-25-27-38-41(29-35)50-42-30-36(32-17-7-2-8-18-32)26-28-39(42)49(38)37-23-13-14-24-40(37)51-45-47-43(33-19-9-3-10-20-33)46-44(48-45)34-21-11-4-12-22-34/h1-30H. The number of fused-ring (bicyclic) bond motifs is 2. The summed E-state index contributed by atoms with van der Waals surface area (Å²) >= 11 is 0. The van der Waals surface area contributed by atoms with Crippen molar-refractivity contribution < 1.29 is 9.47 Å². The van der Waals surface area contributed by atoms with Crippen LogP contribution in [0, 0.1) is 0 Å². The Morgan fingerprint density at radius 2 is 0.804 bits per heavy atom. The van der Waals surface area contributed by atoms with Crippen molar-refractivity contribution in [2.75, 3.05) is 4.90 Å². The summed E-state index contributed by atoms with van der Waals surface area (Å²) in [5.74, 6) is 3.12. The second kappa shape index (κ2) is 13.1. The molecule has 0 unspecified atom stereocenters. The Labute approximate surface area is 295 Å². The van der Waals surface area contributed by atoms with E-state index in [1.165, 1.54) is 0 Å². The molecule has 0 bridgehead atoms. The van der Waals surface area contributed by atoms with Crippen LogP contribution >= 0.6 is 0 Å². The predicted octanol–water partition coefficient (Wildman–Crippen LogP) is 11.9. The van der Waals surface area contributed by atoms with E-state index in [9.17, 15) is 0 Å². The number of nitrogens with zero attached hydrogens (tertiary/aromatic N) is 4. The molecule has 6 heteroatoms. The molecule has 1 aromatic heterocycles. The van der Waals surface area contributed by atoms with Crippen LogP contribution in [-0.4, -0.2) is 15.0 Å². The number of para-hydroxylation sites is 2. The Hall–Kier alpha value is -7.05. The lowest BCUT2D eigenvalue weighted by Gasteiger charge is -2.34. The van der Waals surface area contributed by atoms with E-state index in [0.717, 1.165) is 61.9 Å². The Bertz CT molecular complexity index is 2330. The summed E-state index contributed by atoms with van der Waals surface area (Å²) in [6, 6.07) is 61.2. The van der Waals surface area contributed by atoms with E-state index < -0.39 is 0 Å². The third-order valence-electron chi connectivity index (χ3n) is 8.82. The highest BCUT2D eigenvalue weighted by Crippen LogP contribution is 2.54. The molecule has 6 nitrogen and oxygen atoms in total. The average molecular weight is 659 g/mol. The van der Waals surface area contributed by atoms with Gasteiger partial charge in [-0.2, -0.15) is 9.97 Å². The van der Waals surface area contributed by atoms with Gasteiger partial charge in [0.05, 0.1) is 17.1 Å². The van der Waals surface area contributed by atoms with Crippen LogP contribution in [0.2, 0.25) is 0 Å². The van der Waals surface area contributed by atoms with E-state index in [2.05, 4.69) is 65.6 Å². The van der Waals surface area contributed by atoms with Crippen molar-refractivity contribution in [2.24, 2.45) is 0 Å². The quantitative estimate of drug-likeness (QED) is 0.170. The summed E-state index contributed by atoms with van der Waals surface area (Å²) in [4.78, 5) is 16.6. The van der Waals surface area contributed by atoms with Crippen LogP contribution in [0.1, 0.15) is 0 Å². The Morgan fingerprint density at radius 1 is 0.373 bits per heavy atom. The highest BCUT2D eigenvalue weighted by Gasteiger charge is 2.29. The van der Waals surface area contributed by atoms with E-state index in [4.69, 9.17) is 24.4 Å². The summed E-state index contributed by atoms with van der Waals surface area (Å²) in [6.07, 6.45) is 0. The molecule has 51 heavy (non-hydrogen) atoms. The van der Waals surface area contributed by atoms with Gasteiger partial charge in [-0.1, -0.05) is 146 Å². The summed E-state index contributed by atoms with van der Waals surface area (Å²) in [5, 5.41) is 0. The van der Waals surface area contributed by atoms with E-state index in [1.807, 2.05) is 121 Å². The largest absolute Gasteiger partial charge is 0.453 e. The molecule has 242 valence electrons. The van der Waals surface area contributed by atoms with Gasteiger partial charge in [-0.05, 0) is 58.7 Å². The minimum Gasteiger partial charge on any atom is -0.453 e. The smallest absolute Gasteiger partial charge is 0.326 e. The second-order valence-corrected chi connectivity index (χ2v) is 12.1. The first-order chi connectivity index (χ1) is 25.3. The van der Waals surface area contributed by atoms with E-state index >= 15 is 0 Å². The first kappa shape index (κ1) is 30.0. The Balaban J connectivity index is 1.18. The molecule has 0 atom stereocenters. The molecule has 0 saturated heterocycles. The number of rotatable bonds is 7. The molecular weight excluding hydrogens is 629 g/mol. The molecule has 8 aromatic rings. The number of hydrogen-bond donors (Lipinski definition) is 0. The molecule has 0 spiro atoms. The first-order valence-corrected chi connectivity index (χ1v) is 16.8. The van der Waals surface area contributed by atoms with Crippen molar-refractivity contribution in [1.29, 1.82) is 0 Å². The highest BCUT2D eigenvalue weighted by molar-refractivity contribution is 5.91. The van der Waals surface area contributed by atoms with Crippen molar-refractivity contribution in [3.05, 3.63) is 182 Å². The molecule has 0 fully saturated rings. The monoisotopic (exact) mass is 658 g/mol. The van der Waals surface area contributed by atoms with E-state index in [1.54, 1.807) is 0 Å². The van der Waals surface area contributed by atoms with Gasteiger partial charge in [0.2, 0.25) is 0 Å². The highest BCUT2D eigenvalue weighted by atomic mass is 16.5. The fourth-order valence-corrected chi connectivity index (χ4v) is 6.35. The zero-order valence-electron chi connectivity index (χ0n) is 27.4. The number of aromatic nitrogens is 3. The SMILES string of the molecule is c1ccc(-c2ccc3c(c2)Oc2cc(-c4ccccc4)ccc2N3c2ccccc2Oc2nc(-c3ccccc3)nc(-c3ccccc3)n2)cc1. The van der Waals surface area contributed by atoms with Crippen molar-refractivity contribution in [2.45, 2.75) is 0 Å². The lowest BCUT2D eigenvalue weighted by Crippen LogP contribution is -2.16. The van der Waals surface area contributed by atoms with Gasteiger partial charge < -0.3 is 9.47 Å². The van der Waals surface area contributed by atoms with Gasteiger partial charge in [0.1, 0.15) is 0 Å². The van der Waals surface area contributed by atoms with Crippen molar-refractivity contribution in [3.8, 4) is 68.3 Å². The number of ether oxygens (including phenoxy) is 2. The lowest BCUT2D eigenvalue weighted by atomic mass is 10.0. The van der Waals surface area contributed by atoms with Gasteiger partial charge in [-0.3, -0.25) is 4.90 Å². The molecule has 0 aliphatic carbocycles. The summed E-state index contributed by atoms with van der Waals surface area (Å²) in [6.45, 7) is 0. The summed E-state index contributed by atoms with van der Waals surface area (Å²) in [5.41, 5.74) is 8.67. The Kier molecular flexibility index (Phi) is 7.72. The topological polar surface area (TPSA) is 60.4 Å². The third-order valence-corrected chi connectivity index (χ3v) is 8.82. The predicted molar refractivity (Wildman–Crippen MR) is 203 cm³/mol. The van der Waals surface area contributed by atoms with Crippen LogP contribution in [0.4, 0.5) is 17.1 Å². The lowest BCUT2D eigenvalue weighted by molar-refractivity contribution is 0.441. The first-order valence-electron chi connectivity index (χ1n) is 16.8. The van der Waals surface area contributed by atoms with Gasteiger partial charge in [0.25, 0.3) is 0 Å². The average Bonchev–Trinajstić information content (AvgIpc) is 3.21. The van der Waals surface area contributed by atoms with Gasteiger partial charge in [-0.25, -0.2) is 4.98 Å². The van der Waals surface area contributed by atoms with Gasteiger partial charge >= 0.3 is 6.01 Å². The molecule has 0 N–H and O–H groups in total. The maximum absolute atomic E-state index is 6.73. The maximum Gasteiger partial charge on any atom is 0.326 e. The number of hydrogen-bond acceptors (Lipinski definition) is 6. The molecule has 0 amide bonds. The molecule has 9 rings (SSSR count). The van der Waals surface area contributed by atoms with Crippen molar-refractivity contribution in [1.82, 2.24) is 15.0 Å². The van der Waals surface area contributed by atoms with Gasteiger partial charge in [-0.15, -0.1) is 0 Å². The number of anilines is 3. The maximum atomic E-state index is 6.73. The third kappa shape index (κ3) is 5.96. The minimum atomic E-state index is 0.197. The molecule has 0 saturated carbocycles. The van der Waals surface area contributed by atoms with Crippen molar-refractivity contribution in [3.63, 3.8) is 0 Å².